The van der Waals surface area contributed by atoms with Crippen molar-refractivity contribution in [3.05, 3.63) is 47.1 Å². The van der Waals surface area contributed by atoms with Crippen LogP contribution in [-0.2, 0) is 9.53 Å². The van der Waals surface area contributed by atoms with Crippen LogP contribution in [0.1, 0.15) is 6.42 Å². The Hall–Kier alpha value is -1.77. The van der Waals surface area contributed by atoms with Crippen LogP contribution in [-0.4, -0.2) is 12.8 Å². The lowest BCUT2D eigenvalue weighted by Gasteiger charge is -2.21. The SMILES string of the molecule is O=CC1CNC2=C1C1=CC=COC1=CC2. The van der Waals surface area contributed by atoms with Gasteiger partial charge in [0.2, 0.25) is 0 Å². The lowest BCUT2D eigenvalue weighted by atomic mass is 9.88. The van der Waals surface area contributed by atoms with Crippen LogP contribution in [0.15, 0.2) is 47.1 Å². The topological polar surface area (TPSA) is 38.3 Å². The third kappa shape index (κ3) is 1.16. The van der Waals surface area contributed by atoms with Gasteiger partial charge in [-0.05, 0) is 23.8 Å². The Balaban J connectivity index is 2.08. The van der Waals surface area contributed by atoms with Gasteiger partial charge in [-0.2, -0.15) is 0 Å². The van der Waals surface area contributed by atoms with Crippen LogP contribution in [0.2, 0.25) is 0 Å². The standard InChI is InChI=1S/C12H11NO2/c14-7-8-6-13-10-3-4-11-9(12(8)10)2-1-5-15-11/h1-2,4-5,7-8,13H,3,6H2. The summed E-state index contributed by atoms with van der Waals surface area (Å²) in [6.45, 7) is 0.719. The Morgan fingerprint density at radius 2 is 2.47 bits per heavy atom. The number of hydrogen-bond acceptors (Lipinski definition) is 3. The molecule has 0 fully saturated rings. The number of rotatable bonds is 1. The van der Waals surface area contributed by atoms with Crippen LogP contribution in [0.5, 0.6) is 0 Å². The van der Waals surface area contributed by atoms with E-state index in [1.54, 1.807) is 6.26 Å². The van der Waals surface area contributed by atoms with Crippen molar-refractivity contribution in [2.24, 2.45) is 5.92 Å². The average molecular weight is 201 g/mol. The lowest BCUT2D eigenvalue weighted by molar-refractivity contribution is -0.109. The molecule has 2 aliphatic heterocycles. The summed E-state index contributed by atoms with van der Waals surface area (Å²) in [5.41, 5.74) is 3.34. The first-order chi connectivity index (χ1) is 7.40. The second-order valence-electron chi connectivity index (χ2n) is 3.81. The highest BCUT2D eigenvalue weighted by atomic mass is 16.5. The summed E-state index contributed by atoms with van der Waals surface area (Å²) < 4.78 is 5.42. The van der Waals surface area contributed by atoms with E-state index < -0.39 is 0 Å². The zero-order valence-electron chi connectivity index (χ0n) is 8.19. The summed E-state index contributed by atoms with van der Waals surface area (Å²) in [5.74, 6) is 0.858. The molecule has 3 rings (SSSR count). The molecule has 0 amide bonds. The number of allylic oxidation sites excluding steroid dienone is 4. The molecule has 15 heavy (non-hydrogen) atoms. The maximum absolute atomic E-state index is 11.0. The second-order valence-corrected chi connectivity index (χ2v) is 3.81. The molecule has 3 nitrogen and oxygen atoms in total. The van der Waals surface area contributed by atoms with Crippen molar-refractivity contribution in [2.75, 3.05) is 6.54 Å². The summed E-state index contributed by atoms with van der Waals surface area (Å²) in [7, 11) is 0. The molecule has 76 valence electrons. The predicted octanol–water partition coefficient (Wildman–Crippen LogP) is 1.42. The molecule has 0 aromatic rings. The molecule has 2 heterocycles. The fraction of sp³-hybridized carbons (Fsp3) is 0.250. The number of fused-ring (bicyclic) bond motifs is 2. The molecule has 0 aromatic carbocycles. The number of aldehydes is 1. The summed E-state index contributed by atoms with van der Waals surface area (Å²) in [6, 6.07) is 0. The zero-order chi connectivity index (χ0) is 10.3. The fourth-order valence-electron chi connectivity index (χ4n) is 2.28. The van der Waals surface area contributed by atoms with E-state index in [9.17, 15) is 4.79 Å². The molecule has 1 N–H and O–H groups in total. The van der Waals surface area contributed by atoms with E-state index in [4.69, 9.17) is 4.74 Å². The minimum absolute atomic E-state index is 0.0231. The molecule has 0 radical (unpaired) electrons. The minimum Gasteiger partial charge on any atom is -0.465 e. The molecule has 0 aromatic heterocycles. The van der Waals surface area contributed by atoms with Gasteiger partial charge in [-0.3, -0.25) is 0 Å². The van der Waals surface area contributed by atoms with Gasteiger partial charge in [0.25, 0.3) is 0 Å². The van der Waals surface area contributed by atoms with Gasteiger partial charge in [0.1, 0.15) is 12.0 Å². The Morgan fingerprint density at radius 3 is 3.33 bits per heavy atom. The third-order valence-corrected chi connectivity index (χ3v) is 2.98. The number of carbonyl (C=O) groups is 1. The fourth-order valence-corrected chi connectivity index (χ4v) is 2.28. The van der Waals surface area contributed by atoms with E-state index >= 15 is 0 Å². The molecular weight excluding hydrogens is 190 g/mol. The summed E-state index contributed by atoms with van der Waals surface area (Å²) in [4.78, 5) is 11.0. The largest absolute Gasteiger partial charge is 0.465 e. The van der Waals surface area contributed by atoms with Gasteiger partial charge < -0.3 is 14.8 Å². The van der Waals surface area contributed by atoms with Crippen LogP contribution in [0.3, 0.4) is 0 Å². The Morgan fingerprint density at radius 1 is 1.53 bits per heavy atom. The van der Waals surface area contributed by atoms with Crippen molar-refractivity contribution in [3.8, 4) is 0 Å². The minimum atomic E-state index is -0.0231. The highest BCUT2D eigenvalue weighted by Gasteiger charge is 2.32. The molecular formula is C12H11NO2. The molecule has 0 bridgehead atoms. The lowest BCUT2D eigenvalue weighted by Crippen LogP contribution is -2.13. The van der Waals surface area contributed by atoms with Crippen LogP contribution in [0, 0.1) is 5.92 Å². The Labute approximate surface area is 87.8 Å². The van der Waals surface area contributed by atoms with E-state index in [0.717, 1.165) is 36.2 Å². The maximum Gasteiger partial charge on any atom is 0.130 e. The number of nitrogens with one attached hydrogen (secondary N) is 1. The van der Waals surface area contributed by atoms with Gasteiger partial charge in [-0.15, -0.1) is 0 Å². The van der Waals surface area contributed by atoms with E-state index in [-0.39, 0.29) is 5.92 Å². The average Bonchev–Trinajstić information content (AvgIpc) is 2.72. The van der Waals surface area contributed by atoms with Crippen molar-refractivity contribution < 1.29 is 9.53 Å². The van der Waals surface area contributed by atoms with E-state index in [2.05, 4.69) is 5.32 Å². The maximum atomic E-state index is 11.0. The number of ether oxygens (including phenoxy) is 1. The quantitative estimate of drug-likeness (QED) is 0.652. The molecule has 0 saturated carbocycles. The monoisotopic (exact) mass is 201 g/mol. The molecule has 0 saturated heterocycles. The van der Waals surface area contributed by atoms with E-state index in [1.165, 1.54) is 5.70 Å². The first kappa shape index (κ1) is 8.53. The van der Waals surface area contributed by atoms with Crippen molar-refractivity contribution in [3.63, 3.8) is 0 Å². The predicted molar refractivity (Wildman–Crippen MR) is 55.6 cm³/mol. The van der Waals surface area contributed by atoms with Crippen LogP contribution >= 0.6 is 0 Å². The van der Waals surface area contributed by atoms with Crippen molar-refractivity contribution in [2.45, 2.75) is 6.42 Å². The number of carbonyl (C=O) groups excluding carboxylic acids is 1. The highest BCUT2D eigenvalue weighted by Crippen LogP contribution is 2.38. The Bertz CT molecular complexity index is 441. The smallest absolute Gasteiger partial charge is 0.130 e. The van der Waals surface area contributed by atoms with E-state index in [1.807, 2.05) is 18.2 Å². The molecule has 3 aliphatic rings. The van der Waals surface area contributed by atoms with Gasteiger partial charge in [0.15, 0.2) is 0 Å². The number of hydrogen-bond donors (Lipinski definition) is 1. The van der Waals surface area contributed by atoms with Crippen LogP contribution in [0.4, 0.5) is 0 Å². The normalized spacial score (nSPS) is 27.1. The van der Waals surface area contributed by atoms with Crippen molar-refractivity contribution >= 4 is 6.29 Å². The Kier molecular flexibility index (Phi) is 1.78. The van der Waals surface area contributed by atoms with E-state index in [0.29, 0.717) is 0 Å². The van der Waals surface area contributed by atoms with Gasteiger partial charge in [-0.25, -0.2) is 0 Å². The molecule has 0 spiro atoms. The summed E-state index contributed by atoms with van der Waals surface area (Å²) >= 11 is 0. The first-order valence-corrected chi connectivity index (χ1v) is 5.07. The van der Waals surface area contributed by atoms with Gasteiger partial charge in [-0.1, -0.05) is 0 Å². The zero-order valence-corrected chi connectivity index (χ0v) is 8.19. The van der Waals surface area contributed by atoms with Crippen LogP contribution < -0.4 is 5.32 Å². The third-order valence-electron chi connectivity index (χ3n) is 2.98. The first-order valence-electron chi connectivity index (χ1n) is 5.07. The summed E-state index contributed by atoms with van der Waals surface area (Å²) in [6.07, 6.45) is 9.43. The van der Waals surface area contributed by atoms with Gasteiger partial charge >= 0.3 is 0 Å². The van der Waals surface area contributed by atoms with Crippen molar-refractivity contribution in [1.82, 2.24) is 5.32 Å². The van der Waals surface area contributed by atoms with Crippen LogP contribution in [0.25, 0.3) is 0 Å². The molecule has 1 unspecified atom stereocenters. The van der Waals surface area contributed by atoms with Gasteiger partial charge in [0.05, 0.1) is 12.2 Å². The second kappa shape index (κ2) is 3.12. The van der Waals surface area contributed by atoms with Gasteiger partial charge in [0, 0.05) is 24.2 Å². The van der Waals surface area contributed by atoms with Crippen molar-refractivity contribution in [1.29, 1.82) is 0 Å². The highest BCUT2D eigenvalue weighted by molar-refractivity contribution is 5.69. The molecule has 1 aliphatic carbocycles. The molecule has 1 atom stereocenters. The summed E-state index contributed by atoms with van der Waals surface area (Å²) in [5, 5.41) is 3.28. The molecule has 3 heteroatoms.